The zero-order valence-electron chi connectivity index (χ0n) is 24.3. The molecule has 2 N–H and O–H groups in total. The van der Waals surface area contributed by atoms with Crippen molar-refractivity contribution in [1.82, 2.24) is 25.4 Å². The lowest BCUT2D eigenvalue weighted by Crippen LogP contribution is -2.47. The summed E-state index contributed by atoms with van der Waals surface area (Å²) in [5, 5.41) is 11.5. The van der Waals surface area contributed by atoms with Crippen molar-refractivity contribution in [3.05, 3.63) is 114 Å². The minimum Gasteiger partial charge on any atom is -0.421 e. The van der Waals surface area contributed by atoms with E-state index in [4.69, 9.17) is 4.42 Å². The first-order valence-corrected chi connectivity index (χ1v) is 14.1. The molecular weight excluding hydrogens is 514 g/mol. The van der Waals surface area contributed by atoms with Gasteiger partial charge in [0, 0.05) is 11.8 Å². The number of H-pyrrole nitrogens is 1. The van der Waals surface area contributed by atoms with E-state index in [1.807, 2.05) is 76.3 Å². The maximum Gasteiger partial charge on any atom is 0.271 e. The molecule has 1 aliphatic carbocycles. The molecule has 0 saturated heterocycles. The number of amides is 2. The Morgan fingerprint density at radius 1 is 1.17 bits per heavy atom. The Morgan fingerprint density at radius 3 is 2.68 bits per heavy atom. The van der Waals surface area contributed by atoms with E-state index in [0.29, 0.717) is 23.6 Å². The highest BCUT2D eigenvalue weighted by atomic mass is 16.4. The van der Waals surface area contributed by atoms with Crippen LogP contribution >= 0.6 is 0 Å². The molecule has 41 heavy (non-hydrogen) atoms. The predicted octanol–water partition coefficient (Wildman–Crippen LogP) is 6.00. The van der Waals surface area contributed by atoms with Gasteiger partial charge in [0.1, 0.15) is 12.2 Å². The first-order chi connectivity index (χ1) is 19.8. The first-order valence-electron chi connectivity index (χ1n) is 14.1. The van der Waals surface area contributed by atoms with Crippen molar-refractivity contribution in [2.75, 3.05) is 6.54 Å². The lowest BCUT2D eigenvalue weighted by molar-refractivity contribution is -0.122. The van der Waals surface area contributed by atoms with E-state index in [-0.39, 0.29) is 36.2 Å². The summed E-state index contributed by atoms with van der Waals surface area (Å²) in [5.74, 6) is 0.254. The number of carbonyl (C=O) groups is 2. The third kappa shape index (κ3) is 7.20. The Hall–Kier alpha value is -4.46. The summed E-state index contributed by atoms with van der Waals surface area (Å²) in [4.78, 5) is 31.8. The molecule has 0 bridgehead atoms. The summed E-state index contributed by atoms with van der Waals surface area (Å²) >= 11 is 0. The molecule has 4 rings (SSSR count). The predicted molar refractivity (Wildman–Crippen MR) is 161 cm³/mol. The van der Waals surface area contributed by atoms with E-state index in [1.54, 1.807) is 23.2 Å². The molecule has 0 radical (unpaired) electrons. The second-order valence-corrected chi connectivity index (χ2v) is 10.5. The van der Waals surface area contributed by atoms with Gasteiger partial charge in [-0.05, 0) is 61.4 Å². The van der Waals surface area contributed by atoms with E-state index < -0.39 is 6.04 Å². The van der Waals surface area contributed by atoms with Crippen LogP contribution in [0.25, 0.3) is 5.57 Å². The van der Waals surface area contributed by atoms with Gasteiger partial charge >= 0.3 is 0 Å². The van der Waals surface area contributed by atoms with E-state index in [9.17, 15) is 9.59 Å². The number of hydrogen-bond acceptors (Lipinski definition) is 5. The van der Waals surface area contributed by atoms with Gasteiger partial charge in [0.15, 0.2) is 0 Å². The Kier molecular flexibility index (Phi) is 9.90. The normalized spacial score (nSPS) is 15.9. The van der Waals surface area contributed by atoms with Gasteiger partial charge in [-0.2, -0.15) is 0 Å². The Balaban J connectivity index is 1.50. The minimum absolute atomic E-state index is 0.00487. The number of rotatable bonds is 12. The number of nitrogens with one attached hydrogen (secondary N) is 2. The van der Waals surface area contributed by atoms with Crippen LogP contribution in [-0.4, -0.2) is 44.5 Å². The molecule has 0 saturated carbocycles. The zero-order chi connectivity index (χ0) is 29.4. The molecule has 2 unspecified atom stereocenters. The van der Waals surface area contributed by atoms with Gasteiger partial charge < -0.3 is 19.6 Å². The fraction of sp³-hybridized carbons (Fsp3) is 0.333. The second kappa shape index (κ2) is 13.7. The fourth-order valence-electron chi connectivity index (χ4n) is 5.20. The highest BCUT2D eigenvalue weighted by Crippen LogP contribution is 2.36. The van der Waals surface area contributed by atoms with E-state index in [0.717, 1.165) is 24.0 Å². The molecule has 1 aliphatic rings. The molecule has 214 valence electrons. The van der Waals surface area contributed by atoms with Crippen molar-refractivity contribution in [2.45, 2.75) is 59.0 Å². The number of nitrogens with zero attached hydrogens (tertiary/aromatic N) is 3. The maximum absolute atomic E-state index is 13.6. The van der Waals surface area contributed by atoms with Gasteiger partial charge in [0.05, 0.1) is 18.5 Å². The Morgan fingerprint density at radius 2 is 1.98 bits per heavy atom. The smallest absolute Gasteiger partial charge is 0.271 e. The van der Waals surface area contributed by atoms with Crippen molar-refractivity contribution in [3.8, 4) is 0 Å². The molecule has 8 nitrogen and oxygen atoms in total. The molecule has 2 amide bonds. The largest absolute Gasteiger partial charge is 0.421 e. The van der Waals surface area contributed by atoms with E-state index in [2.05, 4.69) is 33.1 Å². The van der Waals surface area contributed by atoms with Crippen molar-refractivity contribution in [1.29, 1.82) is 0 Å². The number of allylic oxidation sites excluding steroid dienone is 6. The van der Waals surface area contributed by atoms with Gasteiger partial charge in [-0.1, -0.05) is 75.1 Å². The number of aromatic amines is 1. The number of aryl methyl sites for hydroxylation is 1. The number of carbonyl (C=O) groups excluding carboxylic acids is 2. The lowest BCUT2D eigenvalue weighted by atomic mass is 9.96. The topological polar surface area (TPSA) is 104 Å². The fourth-order valence-corrected chi connectivity index (χ4v) is 5.20. The van der Waals surface area contributed by atoms with Gasteiger partial charge in [-0.15, -0.1) is 10.2 Å². The standard InChI is InChI=1S/C33H39N5O3/c1-6-8-13-24(12-7-2)20-30-36-37-32(41-30)23(5)31(22(3)4)35-29(39)21-38(33(40)27-16-11-19-34-27)28-18-17-25-14-9-10-15-26(25)28/h6-16,19,22,28,31,34H,5,17-18,20-21H2,1-4H3,(H,35,39)/b8-6-,12-7+,24-13+. The summed E-state index contributed by atoms with van der Waals surface area (Å²) in [7, 11) is 0. The third-order valence-corrected chi connectivity index (χ3v) is 7.22. The van der Waals surface area contributed by atoms with Crippen LogP contribution in [0.3, 0.4) is 0 Å². The summed E-state index contributed by atoms with van der Waals surface area (Å²) in [5.41, 5.74) is 4.31. The molecule has 3 aromatic rings. The molecule has 0 spiro atoms. The van der Waals surface area contributed by atoms with Crippen molar-refractivity contribution in [3.63, 3.8) is 0 Å². The number of hydrogen-bond donors (Lipinski definition) is 2. The highest BCUT2D eigenvalue weighted by molar-refractivity contribution is 5.95. The zero-order valence-corrected chi connectivity index (χ0v) is 24.3. The van der Waals surface area contributed by atoms with Crippen LogP contribution in [0.1, 0.15) is 73.6 Å². The van der Waals surface area contributed by atoms with E-state index >= 15 is 0 Å². The number of benzene rings is 1. The number of aromatic nitrogens is 3. The van der Waals surface area contributed by atoms with Crippen LogP contribution in [0.15, 0.2) is 89.5 Å². The van der Waals surface area contributed by atoms with Gasteiger partial charge in [0.2, 0.25) is 17.7 Å². The molecule has 0 fully saturated rings. The molecule has 0 aliphatic heterocycles. The SMILES string of the molecule is C=C(c1nnc(CC(=C/C=C\C)/C=C/C)o1)C(NC(=O)CN(C(=O)c1ccc[nH]1)C1CCc2ccccc21)C(C)C. The third-order valence-electron chi connectivity index (χ3n) is 7.22. The maximum atomic E-state index is 13.6. The Labute approximate surface area is 241 Å². The minimum atomic E-state index is -0.456. The molecule has 2 atom stereocenters. The second-order valence-electron chi connectivity index (χ2n) is 10.5. The van der Waals surface area contributed by atoms with Crippen LogP contribution in [0.5, 0.6) is 0 Å². The van der Waals surface area contributed by atoms with Gasteiger partial charge in [-0.3, -0.25) is 9.59 Å². The summed E-state index contributed by atoms with van der Waals surface area (Å²) in [6.07, 6.45) is 13.7. The average molecular weight is 554 g/mol. The van der Waals surface area contributed by atoms with Crippen LogP contribution in [0.4, 0.5) is 0 Å². The highest BCUT2D eigenvalue weighted by Gasteiger charge is 2.34. The summed E-state index contributed by atoms with van der Waals surface area (Å²) < 4.78 is 5.96. The van der Waals surface area contributed by atoms with Crippen LogP contribution in [0, 0.1) is 5.92 Å². The van der Waals surface area contributed by atoms with E-state index in [1.165, 1.54) is 5.56 Å². The van der Waals surface area contributed by atoms with Crippen molar-refractivity contribution >= 4 is 17.4 Å². The van der Waals surface area contributed by atoms with Crippen molar-refractivity contribution in [2.24, 2.45) is 5.92 Å². The molecule has 1 aromatic carbocycles. The molecule has 2 heterocycles. The molecule has 8 heteroatoms. The van der Waals surface area contributed by atoms with Crippen LogP contribution < -0.4 is 5.32 Å². The summed E-state index contributed by atoms with van der Waals surface area (Å²) in [6, 6.07) is 11.0. The van der Waals surface area contributed by atoms with Crippen molar-refractivity contribution < 1.29 is 14.0 Å². The van der Waals surface area contributed by atoms with Crippen LogP contribution in [-0.2, 0) is 17.6 Å². The first kappa shape index (κ1) is 29.5. The quantitative estimate of drug-likeness (QED) is 0.268. The molecular formula is C33H39N5O3. The Bertz CT molecular complexity index is 1440. The monoisotopic (exact) mass is 553 g/mol. The summed E-state index contributed by atoms with van der Waals surface area (Å²) in [6.45, 7) is 12.0. The van der Waals surface area contributed by atoms with Crippen LogP contribution in [0.2, 0.25) is 0 Å². The van der Waals surface area contributed by atoms with Gasteiger partial charge in [-0.25, -0.2) is 0 Å². The molecule has 2 aromatic heterocycles. The van der Waals surface area contributed by atoms with Gasteiger partial charge in [0.25, 0.3) is 5.91 Å². The average Bonchev–Trinajstić information content (AvgIpc) is 3.74. The lowest BCUT2D eigenvalue weighted by Gasteiger charge is -2.30. The number of fused-ring (bicyclic) bond motifs is 1.